The molecular weight excluding hydrogens is 360 g/mol. The molecule has 0 bridgehead atoms. The van der Waals surface area contributed by atoms with Crippen LogP contribution in [0, 0.1) is 0 Å². The molecule has 3 aromatic rings. The summed E-state index contributed by atoms with van der Waals surface area (Å²) in [5.74, 6) is 0.00543. The third kappa shape index (κ3) is 3.21. The minimum Gasteiger partial charge on any atom is -0.334 e. The van der Waals surface area contributed by atoms with Crippen LogP contribution in [0.15, 0.2) is 72.8 Å². The van der Waals surface area contributed by atoms with Crippen LogP contribution in [0.25, 0.3) is 0 Å². The Hall–Kier alpha value is -3.40. The minimum absolute atomic E-state index is 0.0131. The summed E-state index contributed by atoms with van der Waals surface area (Å²) in [4.78, 5) is 29.6. The molecule has 0 atom stereocenters. The molecule has 0 saturated carbocycles. The van der Waals surface area contributed by atoms with Crippen molar-refractivity contribution in [2.75, 3.05) is 18.0 Å². The van der Waals surface area contributed by atoms with E-state index < -0.39 is 0 Å². The van der Waals surface area contributed by atoms with E-state index >= 15 is 0 Å². The third-order valence-electron chi connectivity index (χ3n) is 5.93. The minimum atomic E-state index is -0.0131. The van der Waals surface area contributed by atoms with Crippen molar-refractivity contribution in [3.63, 3.8) is 0 Å². The average molecular weight is 382 g/mol. The van der Waals surface area contributed by atoms with Crippen molar-refractivity contribution in [1.82, 2.24) is 4.90 Å². The Labute approximate surface area is 170 Å². The second-order valence-electron chi connectivity index (χ2n) is 7.66. The average Bonchev–Trinajstić information content (AvgIpc) is 3.22. The number of anilines is 1. The molecule has 2 aliphatic heterocycles. The molecule has 0 unspecified atom stereocenters. The Bertz CT molecular complexity index is 1090. The number of hydrogen-bond acceptors (Lipinski definition) is 2. The largest absolute Gasteiger partial charge is 0.334 e. The van der Waals surface area contributed by atoms with Crippen LogP contribution < -0.4 is 4.90 Å². The number of nitrogens with zero attached hydrogens (tertiary/aromatic N) is 2. The van der Waals surface area contributed by atoms with Gasteiger partial charge in [-0.15, -0.1) is 0 Å². The summed E-state index contributed by atoms with van der Waals surface area (Å²) in [5.41, 5.74) is 5.97. The Kier molecular flexibility index (Phi) is 4.39. The molecule has 0 fully saturated rings. The maximum Gasteiger partial charge on any atom is 0.258 e. The van der Waals surface area contributed by atoms with E-state index in [-0.39, 0.29) is 11.8 Å². The molecule has 4 heteroatoms. The Morgan fingerprint density at radius 2 is 1.21 bits per heavy atom. The first kappa shape index (κ1) is 17.7. The number of fused-ring (bicyclic) bond motifs is 2. The third-order valence-corrected chi connectivity index (χ3v) is 5.93. The fourth-order valence-corrected chi connectivity index (χ4v) is 4.31. The molecule has 2 aliphatic rings. The maximum atomic E-state index is 13.0. The summed E-state index contributed by atoms with van der Waals surface area (Å²) in [7, 11) is 0. The summed E-state index contributed by atoms with van der Waals surface area (Å²) < 4.78 is 0. The monoisotopic (exact) mass is 382 g/mol. The molecule has 2 heterocycles. The quantitative estimate of drug-likeness (QED) is 0.670. The number of rotatable bonds is 2. The summed E-state index contributed by atoms with van der Waals surface area (Å²) in [6, 6.07) is 23.4. The summed E-state index contributed by atoms with van der Waals surface area (Å²) >= 11 is 0. The van der Waals surface area contributed by atoms with Gasteiger partial charge in [0.25, 0.3) is 11.8 Å². The molecule has 29 heavy (non-hydrogen) atoms. The van der Waals surface area contributed by atoms with Gasteiger partial charge in [0.2, 0.25) is 0 Å². The van der Waals surface area contributed by atoms with Crippen LogP contribution in [0.5, 0.6) is 0 Å². The SMILES string of the molecule is O=C(c1ccc(C(=O)N2CCc3ccccc32)cc1)N1CCc2ccccc2C1. The number of carbonyl (C=O) groups excluding carboxylic acids is 2. The van der Waals surface area contributed by atoms with Gasteiger partial charge in [-0.3, -0.25) is 9.59 Å². The highest BCUT2D eigenvalue weighted by Gasteiger charge is 2.26. The van der Waals surface area contributed by atoms with E-state index in [0.29, 0.717) is 24.2 Å². The van der Waals surface area contributed by atoms with Gasteiger partial charge in [-0.1, -0.05) is 42.5 Å². The van der Waals surface area contributed by atoms with Gasteiger partial charge < -0.3 is 9.80 Å². The number of amides is 2. The number of benzene rings is 3. The van der Waals surface area contributed by atoms with Gasteiger partial charge in [0.1, 0.15) is 0 Å². The van der Waals surface area contributed by atoms with Crippen molar-refractivity contribution in [2.24, 2.45) is 0 Å². The predicted molar refractivity (Wildman–Crippen MR) is 113 cm³/mol. The van der Waals surface area contributed by atoms with Crippen molar-refractivity contribution in [3.8, 4) is 0 Å². The van der Waals surface area contributed by atoms with E-state index in [9.17, 15) is 9.59 Å². The number of para-hydroxylation sites is 1. The van der Waals surface area contributed by atoms with E-state index in [4.69, 9.17) is 0 Å². The summed E-state index contributed by atoms with van der Waals surface area (Å²) in [5, 5.41) is 0. The molecule has 2 amide bonds. The highest BCUT2D eigenvalue weighted by atomic mass is 16.2. The molecule has 0 radical (unpaired) electrons. The van der Waals surface area contributed by atoms with Gasteiger partial charge in [0.15, 0.2) is 0 Å². The molecule has 0 saturated heterocycles. The summed E-state index contributed by atoms with van der Waals surface area (Å²) in [6.45, 7) is 2.06. The molecule has 144 valence electrons. The van der Waals surface area contributed by atoms with E-state index in [1.165, 1.54) is 16.7 Å². The normalized spacial score (nSPS) is 15.0. The van der Waals surface area contributed by atoms with Gasteiger partial charge in [-0.2, -0.15) is 0 Å². The van der Waals surface area contributed by atoms with Gasteiger partial charge in [0, 0.05) is 36.4 Å². The van der Waals surface area contributed by atoms with Crippen LogP contribution in [-0.2, 0) is 19.4 Å². The standard InChI is InChI=1S/C25H22N2O2/c28-24(26-15-13-18-5-1-2-7-22(18)17-26)20-9-11-21(12-10-20)25(29)27-16-14-19-6-3-4-8-23(19)27/h1-12H,13-17H2. The first-order valence-corrected chi connectivity index (χ1v) is 10.1. The first-order chi connectivity index (χ1) is 14.2. The van der Waals surface area contributed by atoms with Gasteiger partial charge >= 0.3 is 0 Å². The highest BCUT2D eigenvalue weighted by molar-refractivity contribution is 6.07. The molecule has 4 nitrogen and oxygen atoms in total. The molecule has 0 aromatic heterocycles. The maximum absolute atomic E-state index is 13.0. The zero-order valence-electron chi connectivity index (χ0n) is 16.2. The molecule has 0 spiro atoms. The highest BCUT2D eigenvalue weighted by Crippen LogP contribution is 2.29. The van der Waals surface area contributed by atoms with Crippen LogP contribution in [-0.4, -0.2) is 29.8 Å². The zero-order valence-corrected chi connectivity index (χ0v) is 16.2. The van der Waals surface area contributed by atoms with Gasteiger partial charge in [-0.25, -0.2) is 0 Å². The fourth-order valence-electron chi connectivity index (χ4n) is 4.31. The van der Waals surface area contributed by atoms with E-state index in [0.717, 1.165) is 25.1 Å². The lowest BCUT2D eigenvalue weighted by atomic mass is 9.99. The second kappa shape index (κ2) is 7.21. The van der Waals surface area contributed by atoms with Crippen molar-refractivity contribution < 1.29 is 9.59 Å². The van der Waals surface area contributed by atoms with Crippen LogP contribution in [0.4, 0.5) is 5.69 Å². The lowest BCUT2D eigenvalue weighted by molar-refractivity contribution is 0.0734. The molecule has 3 aromatic carbocycles. The van der Waals surface area contributed by atoms with Crippen molar-refractivity contribution >= 4 is 17.5 Å². The Balaban J connectivity index is 1.32. The second-order valence-corrected chi connectivity index (χ2v) is 7.66. The molecule has 0 N–H and O–H groups in total. The number of hydrogen-bond donors (Lipinski definition) is 0. The van der Waals surface area contributed by atoms with Gasteiger partial charge in [0.05, 0.1) is 0 Å². The summed E-state index contributed by atoms with van der Waals surface area (Å²) in [6.07, 6.45) is 1.77. The molecular formula is C25H22N2O2. The Morgan fingerprint density at radius 1 is 0.621 bits per heavy atom. The van der Waals surface area contributed by atoms with Gasteiger partial charge in [-0.05, 0) is 59.9 Å². The van der Waals surface area contributed by atoms with E-state index in [1.54, 1.807) is 24.3 Å². The van der Waals surface area contributed by atoms with Crippen LogP contribution in [0.2, 0.25) is 0 Å². The molecule has 5 rings (SSSR count). The smallest absolute Gasteiger partial charge is 0.258 e. The van der Waals surface area contributed by atoms with E-state index in [1.807, 2.05) is 40.1 Å². The van der Waals surface area contributed by atoms with Crippen molar-refractivity contribution in [2.45, 2.75) is 19.4 Å². The topological polar surface area (TPSA) is 40.6 Å². The predicted octanol–water partition coefficient (Wildman–Crippen LogP) is 4.09. The first-order valence-electron chi connectivity index (χ1n) is 10.1. The molecule has 0 aliphatic carbocycles. The zero-order chi connectivity index (χ0) is 19.8. The lowest BCUT2D eigenvalue weighted by Crippen LogP contribution is -2.36. The van der Waals surface area contributed by atoms with E-state index in [2.05, 4.69) is 18.2 Å². The van der Waals surface area contributed by atoms with Crippen LogP contribution in [0.1, 0.15) is 37.4 Å². The lowest BCUT2D eigenvalue weighted by Gasteiger charge is -2.29. The van der Waals surface area contributed by atoms with Crippen molar-refractivity contribution in [1.29, 1.82) is 0 Å². The number of carbonyl (C=O) groups is 2. The van der Waals surface area contributed by atoms with Crippen molar-refractivity contribution in [3.05, 3.63) is 101 Å². The van der Waals surface area contributed by atoms with Crippen LogP contribution >= 0.6 is 0 Å². The van der Waals surface area contributed by atoms with Crippen LogP contribution in [0.3, 0.4) is 0 Å². The Morgan fingerprint density at radius 3 is 1.97 bits per heavy atom. The fraction of sp³-hybridized carbons (Fsp3) is 0.200.